The van der Waals surface area contributed by atoms with E-state index in [-0.39, 0.29) is 0 Å². The van der Waals surface area contributed by atoms with Gasteiger partial charge in [0.2, 0.25) is 0 Å². The van der Waals surface area contributed by atoms with Crippen molar-refractivity contribution in [3.8, 4) is 11.5 Å². The first-order chi connectivity index (χ1) is 9.86. The highest BCUT2D eigenvalue weighted by Crippen LogP contribution is 2.33. The van der Waals surface area contributed by atoms with Crippen molar-refractivity contribution in [1.82, 2.24) is 0 Å². The lowest BCUT2D eigenvalue weighted by molar-refractivity contribution is 0.217. The van der Waals surface area contributed by atoms with Gasteiger partial charge in [-0.05, 0) is 30.2 Å². The van der Waals surface area contributed by atoms with Crippen LogP contribution >= 0.6 is 15.9 Å². The SMILES string of the molecule is BrCc1cccc(OCC2CCOc3ccccc32)c1. The minimum Gasteiger partial charge on any atom is -0.493 e. The van der Waals surface area contributed by atoms with Gasteiger partial charge in [0.15, 0.2) is 0 Å². The zero-order valence-corrected chi connectivity index (χ0v) is 12.8. The van der Waals surface area contributed by atoms with Crippen LogP contribution in [0, 0.1) is 0 Å². The number of hydrogen-bond acceptors (Lipinski definition) is 2. The quantitative estimate of drug-likeness (QED) is 0.766. The van der Waals surface area contributed by atoms with Gasteiger partial charge in [-0.15, -0.1) is 0 Å². The van der Waals surface area contributed by atoms with Crippen LogP contribution in [0.2, 0.25) is 0 Å². The standard InChI is InChI=1S/C17H17BrO2/c18-11-13-4-3-5-15(10-13)20-12-14-8-9-19-17-7-2-1-6-16(14)17/h1-7,10,14H,8-9,11-12H2. The van der Waals surface area contributed by atoms with E-state index in [2.05, 4.69) is 40.2 Å². The molecular formula is C17H17BrO2. The molecule has 1 aliphatic heterocycles. The summed E-state index contributed by atoms with van der Waals surface area (Å²) in [7, 11) is 0. The molecule has 0 saturated heterocycles. The summed E-state index contributed by atoms with van der Waals surface area (Å²) in [5, 5.41) is 0.851. The average Bonchev–Trinajstić information content (AvgIpc) is 2.53. The Morgan fingerprint density at radius 2 is 2.05 bits per heavy atom. The fourth-order valence-electron chi connectivity index (χ4n) is 2.50. The Bertz CT molecular complexity index is 583. The summed E-state index contributed by atoms with van der Waals surface area (Å²) in [6.07, 6.45) is 1.01. The Morgan fingerprint density at radius 1 is 1.15 bits per heavy atom. The molecule has 2 nitrogen and oxygen atoms in total. The van der Waals surface area contributed by atoms with E-state index in [1.807, 2.05) is 24.3 Å². The first kappa shape index (κ1) is 13.5. The normalized spacial score (nSPS) is 17.1. The molecule has 1 heterocycles. The minimum atomic E-state index is 0.410. The maximum Gasteiger partial charge on any atom is 0.122 e. The topological polar surface area (TPSA) is 18.5 Å². The summed E-state index contributed by atoms with van der Waals surface area (Å²) in [6.45, 7) is 1.47. The van der Waals surface area contributed by atoms with Crippen molar-refractivity contribution in [3.63, 3.8) is 0 Å². The largest absolute Gasteiger partial charge is 0.493 e. The fourth-order valence-corrected chi connectivity index (χ4v) is 2.85. The highest BCUT2D eigenvalue weighted by atomic mass is 79.9. The Kier molecular flexibility index (Phi) is 4.26. The Hall–Kier alpha value is -1.48. The van der Waals surface area contributed by atoms with Gasteiger partial charge in [-0.2, -0.15) is 0 Å². The lowest BCUT2D eigenvalue weighted by Gasteiger charge is -2.25. The lowest BCUT2D eigenvalue weighted by Crippen LogP contribution is -2.19. The van der Waals surface area contributed by atoms with Crippen LogP contribution in [0.15, 0.2) is 48.5 Å². The molecule has 0 spiro atoms. The highest BCUT2D eigenvalue weighted by molar-refractivity contribution is 9.08. The minimum absolute atomic E-state index is 0.410. The Balaban J connectivity index is 1.70. The number of para-hydroxylation sites is 1. The Morgan fingerprint density at radius 3 is 2.95 bits per heavy atom. The van der Waals surface area contributed by atoms with Crippen LogP contribution in [0.25, 0.3) is 0 Å². The van der Waals surface area contributed by atoms with Crippen molar-refractivity contribution in [2.24, 2.45) is 0 Å². The third-order valence-electron chi connectivity index (χ3n) is 3.59. The van der Waals surface area contributed by atoms with Gasteiger partial charge in [0, 0.05) is 16.8 Å². The second-order valence-electron chi connectivity index (χ2n) is 4.96. The van der Waals surface area contributed by atoms with Crippen LogP contribution in [-0.4, -0.2) is 13.2 Å². The van der Waals surface area contributed by atoms with Gasteiger partial charge in [0.05, 0.1) is 13.2 Å². The van der Waals surface area contributed by atoms with E-state index in [1.54, 1.807) is 0 Å². The fraction of sp³-hybridized carbons (Fsp3) is 0.294. The number of benzene rings is 2. The maximum absolute atomic E-state index is 5.97. The molecule has 1 aliphatic rings. The molecule has 0 aromatic heterocycles. The van der Waals surface area contributed by atoms with Gasteiger partial charge in [0.1, 0.15) is 11.5 Å². The number of rotatable bonds is 4. The van der Waals surface area contributed by atoms with E-state index in [1.165, 1.54) is 11.1 Å². The first-order valence-corrected chi connectivity index (χ1v) is 7.98. The van der Waals surface area contributed by atoms with E-state index < -0.39 is 0 Å². The van der Waals surface area contributed by atoms with Crippen LogP contribution in [0.1, 0.15) is 23.5 Å². The number of halogens is 1. The monoisotopic (exact) mass is 332 g/mol. The van der Waals surface area contributed by atoms with Gasteiger partial charge in [-0.25, -0.2) is 0 Å². The summed E-state index contributed by atoms with van der Waals surface area (Å²) in [4.78, 5) is 0. The molecule has 0 amide bonds. The van der Waals surface area contributed by atoms with Gasteiger partial charge in [-0.3, -0.25) is 0 Å². The molecule has 1 unspecified atom stereocenters. The van der Waals surface area contributed by atoms with Gasteiger partial charge in [-0.1, -0.05) is 46.3 Å². The van der Waals surface area contributed by atoms with E-state index in [4.69, 9.17) is 9.47 Å². The molecule has 1 atom stereocenters. The maximum atomic E-state index is 5.97. The van der Waals surface area contributed by atoms with Crippen LogP contribution in [0.5, 0.6) is 11.5 Å². The van der Waals surface area contributed by atoms with Crippen molar-refractivity contribution in [2.75, 3.05) is 13.2 Å². The average molecular weight is 333 g/mol. The molecule has 0 radical (unpaired) electrons. The van der Waals surface area contributed by atoms with E-state index in [0.717, 1.165) is 29.9 Å². The zero-order chi connectivity index (χ0) is 13.8. The van der Waals surface area contributed by atoms with E-state index >= 15 is 0 Å². The molecule has 0 fully saturated rings. The summed E-state index contributed by atoms with van der Waals surface area (Å²) >= 11 is 3.47. The summed E-state index contributed by atoms with van der Waals surface area (Å²) < 4.78 is 11.6. The molecule has 2 aromatic rings. The van der Waals surface area contributed by atoms with Gasteiger partial charge in [0.25, 0.3) is 0 Å². The second kappa shape index (κ2) is 6.31. The van der Waals surface area contributed by atoms with Gasteiger partial charge >= 0.3 is 0 Å². The number of fused-ring (bicyclic) bond motifs is 1. The predicted octanol–water partition coefficient (Wildman–Crippen LogP) is 4.53. The summed E-state index contributed by atoms with van der Waals surface area (Å²) in [5.74, 6) is 2.35. The smallest absolute Gasteiger partial charge is 0.122 e. The van der Waals surface area contributed by atoms with E-state index in [0.29, 0.717) is 12.5 Å². The molecule has 0 N–H and O–H groups in total. The second-order valence-corrected chi connectivity index (χ2v) is 5.52. The zero-order valence-electron chi connectivity index (χ0n) is 11.2. The molecule has 20 heavy (non-hydrogen) atoms. The molecule has 0 bridgehead atoms. The number of alkyl halides is 1. The third-order valence-corrected chi connectivity index (χ3v) is 4.23. The van der Waals surface area contributed by atoms with Gasteiger partial charge < -0.3 is 9.47 Å². The first-order valence-electron chi connectivity index (χ1n) is 6.86. The molecular weight excluding hydrogens is 316 g/mol. The molecule has 0 saturated carbocycles. The number of hydrogen-bond donors (Lipinski definition) is 0. The number of ether oxygens (including phenoxy) is 2. The molecule has 2 aromatic carbocycles. The third kappa shape index (κ3) is 2.98. The highest BCUT2D eigenvalue weighted by Gasteiger charge is 2.21. The predicted molar refractivity (Wildman–Crippen MR) is 83.9 cm³/mol. The molecule has 3 rings (SSSR count). The van der Waals surface area contributed by atoms with Crippen molar-refractivity contribution >= 4 is 15.9 Å². The van der Waals surface area contributed by atoms with Crippen LogP contribution < -0.4 is 9.47 Å². The molecule has 104 valence electrons. The summed E-state index contributed by atoms with van der Waals surface area (Å²) in [5.41, 5.74) is 2.49. The van der Waals surface area contributed by atoms with Crippen LogP contribution in [-0.2, 0) is 5.33 Å². The van der Waals surface area contributed by atoms with Crippen LogP contribution in [0.3, 0.4) is 0 Å². The lowest BCUT2D eigenvalue weighted by atomic mass is 9.94. The molecule has 3 heteroatoms. The van der Waals surface area contributed by atoms with Crippen molar-refractivity contribution < 1.29 is 9.47 Å². The van der Waals surface area contributed by atoms with Crippen molar-refractivity contribution in [1.29, 1.82) is 0 Å². The summed E-state index contributed by atoms with van der Waals surface area (Å²) in [6, 6.07) is 16.5. The van der Waals surface area contributed by atoms with Crippen molar-refractivity contribution in [3.05, 3.63) is 59.7 Å². The van der Waals surface area contributed by atoms with Crippen LogP contribution in [0.4, 0.5) is 0 Å². The molecule has 0 aliphatic carbocycles. The van der Waals surface area contributed by atoms with E-state index in [9.17, 15) is 0 Å². The Labute approximate surface area is 127 Å². The van der Waals surface area contributed by atoms with Crippen molar-refractivity contribution in [2.45, 2.75) is 17.7 Å².